The summed E-state index contributed by atoms with van der Waals surface area (Å²) in [4.78, 5) is 41.7. The van der Waals surface area contributed by atoms with E-state index in [1.807, 2.05) is 0 Å². The molecule has 7 nitrogen and oxygen atoms in total. The van der Waals surface area contributed by atoms with Gasteiger partial charge in [0.15, 0.2) is 17.2 Å². The van der Waals surface area contributed by atoms with Crippen LogP contribution in [0.15, 0.2) is 30.5 Å². The minimum Gasteiger partial charge on any atom is -0.493 e. The molecule has 0 aliphatic heterocycles. The Hall–Kier alpha value is -3.50. The van der Waals surface area contributed by atoms with Crippen LogP contribution in [-0.2, 0) is 20.5 Å². The number of hydrogen-bond acceptors (Lipinski definition) is 7. The van der Waals surface area contributed by atoms with Gasteiger partial charge in [0.1, 0.15) is 11.9 Å². The van der Waals surface area contributed by atoms with E-state index < -0.39 is 59.1 Å². The van der Waals surface area contributed by atoms with Gasteiger partial charge in [-0.05, 0) is 24.6 Å². The Morgan fingerprint density at radius 1 is 1.00 bits per heavy atom. The fourth-order valence-electron chi connectivity index (χ4n) is 3.39. The molecular formula is C26H29F4NO6. The molecule has 11 heteroatoms. The van der Waals surface area contributed by atoms with Gasteiger partial charge in [-0.3, -0.25) is 14.4 Å². The van der Waals surface area contributed by atoms with Crippen LogP contribution in [0.1, 0.15) is 68.6 Å². The Kier molecular flexibility index (Phi) is 9.77. The second kappa shape index (κ2) is 12.2. The highest BCUT2D eigenvalue weighted by atomic mass is 19.4. The molecule has 0 unspecified atom stereocenters. The van der Waals surface area contributed by atoms with E-state index in [0.29, 0.717) is 6.07 Å². The van der Waals surface area contributed by atoms with Crippen LogP contribution in [0.25, 0.3) is 0 Å². The zero-order chi connectivity index (χ0) is 28.1. The maximum Gasteiger partial charge on any atom is 0.416 e. The fourth-order valence-corrected chi connectivity index (χ4v) is 3.39. The molecule has 0 amide bonds. The summed E-state index contributed by atoms with van der Waals surface area (Å²) in [6.07, 6.45) is -4.91. The smallest absolute Gasteiger partial charge is 0.416 e. The van der Waals surface area contributed by atoms with E-state index >= 15 is 0 Å². The number of pyridine rings is 1. The van der Waals surface area contributed by atoms with Gasteiger partial charge in [-0.15, -0.1) is 0 Å². The zero-order valence-electron chi connectivity index (χ0n) is 21.3. The molecule has 0 saturated carbocycles. The van der Waals surface area contributed by atoms with E-state index in [1.165, 1.54) is 40.1 Å². The number of Topliss-reactive ketones (excluding diaryl/α,β-unsaturated/α-hetero) is 1. The molecule has 0 aliphatic carbocycles. The average Bonchev–Trinajstić information content (AvgIpc) is 2.82. The van der Waals surface area contributed by atoms with Gasteiger partial charge in [0.25, 0.3) is 0 Å². The summed E-state index contributed by atoms with van der Waals surface area (Å²) in [6, 6.07) is 3.72. The summed E-state index contributed by atoms with van der Waals surface area (Å²) in [6.45, 7) is 7.46. The number of ether oxygens (including phenoxy) is 3. The van der Waals surface area contributed by atoms with Crippen molar-refractivity contribution in [3.05, 3.63) is 53.1 Å². The summed E-state index contributed by atoms with van der Waals surface area (Å²) in [7, 11) is 1.32. The van der Waals surface area contributed by atoms with E-state index in [-0.39, 0.29) is 29.2 Å². The van der Waals surface area contributed by atoms with Crippen LogP contribution in [0.4, 0.5) is 17.6 Å². The van der Waals surface area contributed by atoms with Crippen molar-refractivity contribution in [2.75, 3.05) is 7.11 Å². The summed E-state index contributed by atoms with van der Waals surface area (Å²) in [5.41, 5.74) is -1.59. The molecule has 1 aromatic heterocycles. The van der Waals surface area contributed by atoms with Gasteiger partial charge in [0.2, 0.25) is 5.75 Å². The van der Waals surface area contributed by atoms with Crippen molar-refractivity contribution in [3.8, 4) is 11.5 Å². The normalized spacial score (nSPS) is 14.0. The highest BCUT2D eigenvalue weighted by molar-refractivity contribution is 6.00. The van der Waals surface area contributed by atoms with Crippen LogP contribution in [-0.4, -0.2) is 35.9 Å². The molecule has 0 fully saturated rings. The number of esters is 2. The number of ketones is 1. The number of benzene rings is 1. The lowest BCUT2D eigenvalue weighted by molar-refractivity contribution is -0.153. The van der Waals surface area contributed by atoms with Crippen LogP contribution in [0.2, 0.25) is 0 Å². The molecule has 0 bridgehead atoms. The first kappa shape index (κ1) is 29.7. The van der Waals surface area contributed by atoms with E-state index in [0.717, 1.165) is 12.1 Å². The van der Waals surface area contributed by atoms with Gasteiger partial charge in [-0.25, -0.2) is 9.37 Å². The summed E-state index contributed by atoms with van der Waals surface area (Å²) < 4.78 is 69.5. The van der Waals surface area contributed by atoms with E-state index in [1.54, 1.807) is 13.8 Å². The third-order valence-electron chi connectivity index (χ3n) is 5.74. The fraction of sp³-hybridized carbons (Fsp3) is 0.462. The SMILES string of the molecule is COc1ccnc(C(=O)C[C@@H](C)C(=O)O[C@@H](C)[C@@H](C)c2ccc(F)cc2C(F)(F)F)c1OC(=O)C(C)C. The molecule has 2 rings (SSSR count). The van der Waals surface area contributed by atoms with Gasteiger partial charge in [-0.1, -0.05) is 33.8 Å². The number of rotatable bonds is 10. The topological polar surface area (TPSA) is 91.8 Å². The Balaban J connectivity index is 2.17. The summed E-state index contributed by atoms with van der Waals surface area (Å²) in [5.74, 6) is -5.61. The second-order valence-electron chi connectivity index (χ2n) is 8.96. The molecule has 0 aliphatic rings. The first-order valence-corrected chi connectivity index (χ1v) is 11.5. The predicted molar refractivity (Wildman–Crippen MR) is 125 cm³/mol. The Bertz CT molecular complexity index is 1150. The highest BCUT2D eigenvalue weighted by Gasteiger charge is 2.37. The van der Waals surface area contributed by atoms with E-state index in [4.69, 9.17) is 14.2 Å². The number of alkyl halides is 3. The minimum atomic E-state index is -4.80. The van der Waals surface area contributed by atoms with Crippen molar-refractivity contribution < 1.29 is 46.2 Å². The lowest BCUT2D eigenvalue weighted by Gasteiger charge is -2.25. The van der Waals surface area contributed by atoms with E-state index in [2.05, 4.69) is 4.98 Å². The lowest BCUT2D eigenvalue weighted by atomic mass is 9.91. The van der Waals surface area contributed by atoms with Crippen LogP contribution in [0.5, 0.6) is 11.5 Å². The maximum atomic E-state index is 13.4. The van der Waals surface area contributed by atoms with Crippen molar-refractivity contribution in [2.24, 2.45) is 11.8 Å². The number of hydrogen-bond donors (Lipinski definition) is 0. The number of methoxy groups -OCH3 is 1. The second-order valence-corrected chi connectivity index (χ2v) is 8.96. The lowest BCUT2D eigenvalue weighted by Crippen LogP contribution is -2.27. The van der Waals surface area contributed by atoms with Crippen LogP contribution < -0.4 is 9.47 Å². The molecule has 0 radical (unpaired) electrons. The third kappa shape index (κ3) is 7.50. The molecule has 202 valence electrons. The third-order valence-corrected chi connectivity index (χ3v) is 5.74. The number of carbonyl (C=O) groups excluding carboxylic acids is 3. The Morgan fingerprint density at radius 3 is 2.22 bits per heavy atom. The predicted octanol–water partition coefficient (Wildman–Crippen LogP) is 5.75. The molecule has 0 saturated heterocycles. The summed E-state index contributed by atoms with van der Waals surface area (Å²) >= 11 is 0. The van der Waals surface area contributed by atoms with Crippen LogP contribution >= 0.6 is 0 Å². The van der Waals surface area contributed by atoms with Crippen LogP contribution in [0, 0.1) is 17.7 Å². The van der Waals surface area contributed by atoms with Gasteiger partial charge in [0.05, 0.1) is 24.5 Å². The molecule has 0 spiro atoms. The molecule has 1 aromatic carbocycles. The number of aromatic nitrogens is 1. The quantitative estimate of drug-likeness (QED) is 0.221. The minimum absolute atomic E-state index is 0.102. The largest absolute Gasteiger partial charge is 0.493 e. The van der Waals surface area contributed by atoms with Gasteiger partial charge in [0, 0.05) is 24.6 Å². The van der Waals surface area contributed by atoms with Crippen molar-refractivity contribution in [2.45, 2.75) is 59.2 Å². The zero-order valence-corrected chi connectivity index (χ0v) is 21.3. The molecule has 2 aromatic rings. The highest BCUT2D eigenvalue weighted by Crippen LogP contribution is 2.37. The van der Waals surface area contributed by atoms with Crippen molar-refractivity contribution >= 4 is 17.7 Å². The van der Waals surface area contributed by atoms with Gasteiger partial charge < -0.3 is 14.2 Å². The van der Waals surface area contributed by atoms with E-state index in [9.17, 15) is 31.9 Å². The maximum absolute atomic E-state index is 13.4. The first-order chi connectivity index (χ1) is 17.2. The summed E-state index contributed by atoms with van der Waals surface area (Å²) in [5, 5.41) is 0. The molecule has 1 heterocycles. The number of halogens is 4. The monoisotopic (exact) mass is 527 g/mol. The number of carbonyl (C=O) groups is 3. The van der Waals surface area contributed by atoms with Crippen LogP contribution in [0.3, 0.4) is 0 Å². The molecular weight excluding hydrogens is 498 g/mol. The van der Waals surface area contributed by atoms with Gasteiger partial charge in [-0.2, -0.15) is 13.2 Å². The molecule has 3 atom stereocenters. The average molecular weight is 528 g/mol. The Labute approximate surface area is 212 Å². The van der Waals surface area contributed by atoms with Crippen molar-refractivity contribution in [1.29, 1.82) is 0 Å². The van der Waals surface area contributed by atoms with Crippen molar-refractivity contribution in [1.82, 2.24) is 4.98 Å². The molecule has 0 N–H and O–H groups in total. The van der Waals surface area contributed by atoms with Gasteiger partial charge >= 0.3 is 18.1 Å². The first-order valence-electron chi connectivity index (χ1n) is 11.5. The standard InChI is InChI=1S/C26H29F4NO6/c1-13(2)24(33)37-23-21(35-6)9-10-31-22(23)20(32)11-14(3)25(34)36-16(5)15(4)18-8-7-17(27)12-19(18)26(28,29)30/h7-10,12-16H,11H2,1-6H3/t14-,15-,16+/m1/s1. The Morgan fingerprint density at radius 2 is 1.65 bits per heavy atom. The molecule has 37 heavy (non-hydrogen) atoms. The number of nitrogens with zero attached hydrogens (tertiary/aromatic N) is 1. The van der Waals surface area contributed by atoms with Crippen molar-refractivity contribution in [3.63, 3.8) is 0 Å².